The van der Waals surface area contributed by atoms with Crippen LogP contribution in [0.4, 0.5) is 10.5 Å². The van der Waals surface area contributed by atoms with Gasteiger partial charge in [-0.2, -0.15) is 0 Å². The van der Waals surface area contributed by atoms with E-state index in [0.29, 0.717) is 30.6 Å². The quantitative estimate of drug-likeness (QED) is 0.632. The fraction of sp³-hybridized carbons (Fsp3) is 0.421. The molecule has 2 aromatic rings. The lowest BCUT2D eigenvalue weighted by Gasteiger charge is -2.25. The minimum atomic E-state index is -0.408. The molecule has 154 valence electrons. The number of nitrogens with zero attached hydrogens (tertiary/aromatic N) is 3. The third-order valence-electron chi connectivity index (χ3n) is 4.52. The maximum Gasteiger partial charge on any atom is 0.324 e. The fourth-order valence-electron chi connectivity index (χ4n) is 2.95. The summed E-state index contributed by atoms with van der Waals surface area (Å²) < 4.78 is 5.54. The van der Waals surface area contributed by atoms with Crippen LogP contribution in [0.3, 0.4) is 0 Å². The van der Waals surface area contributed by atoms with E-state index in [4.69, 9.17) is 4.42 Å². The summed E-state index contributed by atoms with van der Waals surface area (Å²) in [7, 11) is 0. The lowest BCUT2D eigenvalue weighted by Crippen LogP contribution is -2.49. The van der Waals surface area contributed by atoms with Gasteiger partial charge in [-0.15, -0.1) is 10.2 Å². The second kappa shape index (κ2) is 9.55. The third kappa shape index (κ3) is 5.57. The highest BCUT2D eigenvalue weighted by Gasteiger charge is 2.23. The van der Waals surface area contributed by atoms with Crippen LogP contribution in [0.15, 0.2) is 27.8 Å². The third-order valence-corrected chi connectivity index (χ3v) is 5.34. The van der Waals surface area contributed by atoms with Gasteiger partial charge in [0.05, 0.1) is 5.75 Å². The van der Waals surface area contributed by atoms with Crippen molar-refractivity contribution >= 4 is 35.3 Å². The van der Waals surface area contributed by atoms with E-state index in [1.54, 1.807) is 0 Å². The minimum absolute atomic E-state index is 0.145. The van der Waals surface area contributed by atoms with Gasteiger partial charge in [0.2, 0.25) is 17.7 Å². The Morgan fingerprint density at radius 2 is 2.17 bits per heavy atom. The zero-order valence-corrected chi connectivity index (χ0v) is 17.2. The van der Waals surface area contributed by atoms with Crippen molar-refractivity contribution in [2.24, 2.45) is 0 Å². The van der Waals surface area contributed by atoms with Gasteiger partial charge in [0, 0.05) is 31.6 Å². The van der Waals surface area contributed by atoms with Gasteiger partial charge in [0.15, 0.2) is 0 Å². The molecule has 1 aliphatic rings. The molecule has 0 saturated carbocycles. The van der Waals surface area contributed by atoms with Crippen LogP contribution >= 0.6 is 11.8 Å². The van der Waals surface area contributed by atoms with Crippen LogP contribution < -0.4 is 10.6 Å². The van der Waals surface area contributed by atoms with Crippen molar-refractivity contribution in [1.29, 1.82) is 0 Å². The number of aryl methyl sites for hydroxylation is 2. The number of hydrogen-bond donors (Lipinski definition) is 2. The normalized spacial score (nSPS) is 14.1. The molecule has 29 heavy (non-hydrogen) atoms. The molecule has 2 heterocycles. The van der Waals surface area contributed by atoms with Crippen molar-refractivity contribution < 1.29 is 18.8 Å². The molecule has 0 unspecified atom stereocenters. The van der Waals surface area contributed by atoms with Crippen LogP contribution in [0, 0.1) is 6.92 Å². The summed E-state index contributed by atoms with van der Waals surface area (Å²) in [5, 5.41) is 13.4. The van der Waals surface area contributed by atoms with E-state index in [0.717, 1.165) is 35.0 Å². The van der Waals surface area contributed by atoms with E-state index in [9.17, 15) is 14.4 Å². The summed E-state index contributed by atoms with van der Waals surface area (Å²) >= 11 is 1.16. The summed E-state index contributed by atoms with van der Waals surface area (Å²) in [4.78, 5) is 36.7. The molecular formula is C19H23N5O4S. The Morgan fingerprint density at radius 1 is 1.34 bits per heavy atom. The lowest BCUT2D eigenvalue weighted by atomic mass is 10.1. The SMILES string of the molecule is CCc1cccc(C)c1NC(=O)CSc1nnc(CCN2CCC(=O)NC2=O)o1. The monoisotopic (exact) mass is 417 g/mol. The van der Waals surface area contributed by atoms with Gasteiger partial charge >= 0.3 is 6.03 Å². The molecule has 1 aliphatic heterocycles. The summed E-state index contributed by atoms with van der Waals surface area (Å²) in [6, 6.07) is 5.53. The molecule has 2 N–H and O–H groups in total. The molecule has 10 heteroatoms. The lowest BCUT2D eigenvalue weighted by molar-refractivity contribution is -0.121. The number of carbonyl (C=O) groups excluding carboxylic acids is 3. The van der Waals surface area contributed by atoms with Gasteiger partial charge in [0.1, 0.15) is 0 Å². The van der Waals surface area contributed by atoms with Crippen LogP contribution in [0.2, 0.25) is 0 Å². The number of hydrogen-bond acceptors (Lipinski definition) is 7. The van der Waals surface area contributed by atoms with Crippen molar-refractivity contribution in [1.82, 2.24) is 20.4 Å². The van der Waals surface area contributed by atoms with Crippen molar-refractivity contribution in [2.45, 2.75) is 38.3 Å². The molecule has 1 fully saturated rings. The number of carbonyl (C=O) groups is 3. The first-order chi connectivity index (χ1) is 14.0. The van der Waals surface area contributed by atoms with Gasteiger partial charge in [-0.25, -0.2) is 4.79 Å². The molecule has 0 atom stereocenters. The first-order valence-corrected chi connectivity index (χ1v) is 10.4. The number of amides is 4. The number of thioether (sulfide) groups is 1. The van der Waals surface area contributed by atoms with E-state index in [1.807, 2.05) is 32.0 Å². The largest absolute Gasteiger partial charge is 0.416 e. The van der Waals surface area contributed by atoms with Crippen LogP contribution in [0.5, 0.6) is 0 Å². The summed E-state index contributed by atoms with van der Waals surface area (Å²) in [5.41, 5.74) is 2.96. The smallest absolute Gasteiger partial charge is 0.324 e. The summed E-state index contributed by atoms with van der Waals surface area (Å²) in [5.74, 6) is 0.117. The average Bonchev–Trinajstić information content (AvgIpc) is 3.15. The maximum atomic E-state index is 12.3. The second-order valence-electron chi connectivity index (χ2n) is 6.60. The highest BCUT2D eigenvalue weighted by atomic mass is 32.2. The first kappa shape index (κ1) is 20.8. The van der Waals surface area contributed by atoms with E-state index >= 15 is 0 Å². The molecule has 3 rings (SSSR count). The molecule has 1 saturated heterocycles. The number of para-hydroxylation sites is 1. The Morgan fingerprint density at radius 3 is 2.93 bits per heavy atom. The molecule has 0 radical (unpaired) electrons. The molecular weight excluding hydrogens is 394 g/mol. The van der Waals surface area contributed by atoms with Gasteiger partial charge in [-0.1, -0.05) is 36.9 Å². The number of rotatable bonds is 8. The van der Waals surface area contributed by atoms with Crippen LogP contribution in [0.25, 0.3) is 0 Å². The Kier molecular flexibility index (Phi) is 6.86. The van der Waals surface area contributed by atoms with Gasteiger partial charge < -0.3 is 14.6 Å². The molecule has 0 aliphatic carbocycles. The Bertz CT molecular complexity index is 914. The fourth-order valence-corrected chi connectivity index (χ4v) is 3.53. The Labute approximate surface area is 172 Å². The van der Waals surface area contributed by atoms with Crippen molar-refractivity contribution in [3.05, 3.63) is 35.2 Å². The molecule has 4 amide bonds. The van der Waals surface area contributed by atoms with Gasteiger partial charge in [0.25, 0.3) is 5.22 Å². The number of aromatic nitrogens is 2. The Balaban J connectivity index is 1.47. The minimum Gasteiger partial charge on any atom is -0.416 e. The molecule has 0 bridgehead atoms. The van der Waals surface area contributed by atoms with E-state index in [1.165, 1.54) is 4.90 Å². The predicted molar refractivity (Wildman–Crippen MR) is 108 cm³/mol. The summed E-state index contributed by atoms with van der Waals surface area (Å²) in [6.07, 6.45) is 1.50. The number of benzene rings is 1. The topological polar surface area (TPSA) is 117 Å². The zero-order valence-electron chi connectivity index (χ0n) is 16.4. The van der Waals surface area contributed by atoms with Crippen LogP contribution in [0.1, 0.15) is 30.4 Å². The highest BCUT2D eigenvalue weighted by molar-refractivity contribution is 7.99. The first-order valence-electron chi connectivity index (χ1n) is 9.38. The number of imide groups is 1. The molecule has 1 aromatic carbocycles. The van der Waals surface area contributed by atoms with E-state index < -0.39 is 6.03 Å². The van der Waals surface area contributed by atoms with Crippen LogP contribution in [-0.2, 0) is 22.4 Å². The Hall–Kier alpha value is -2.88. The van der Waals surface area contributed by atoms with Crippen LogP contribution in [-0.4, -0.2) is 51.8 Å². The van der Waals surface area contributed by atoms with Crippen molar-refractivity contribution in [2.75, 3.05) is 24.2 Å². The molecule has 0 spiro atoms. The van der Waals surface area contributed by atoms with E-state index in [-0.39, 0.29) is 24.0 Å². The predicted octanol–water partition coefficient (Wildman–Crippen LogP) is 2.16. The van der Waals surface area contributed by atoms with Gasteiger partial charge in [-0.05, 0) is 24.5 Å². The number of anilines is 1. The van der Waals surface area contributed by atoms with E-state index in [2.05, 4.69) is 20.8 Å². The maximum absolute atomic E-state index is 12.3. The van der Waals surface area contributed by atoms with Crippen molar-refractivity contribution in [3.8, 4) is 0 Å². The van der Waals surface area contributed by atoms with Gasteiger partial charge in [-0.3, -0.25) is 14.9 Å². The highest BCUT2D eigenvalue weighted by Crippen LogP contribution is 2.22. The number of urea groups is 1. The second-order valence-corrected chi connectivity index (χ2v) is 7.53. The number of nitrogens with one attached hydrogen (secondary N) is 2. The molecule has 1 aromatic heterocycles. The summed E-state index contributed by atoms with van der Waals surface area (Å²) in [6.45, 7) is 4.76. The standard InChI is InChI=1S/C19H23N5O4S/c1-3-13-6-4-5-12(2)17(13)20-15(26)11-29-19-23-22-16(28-19)8-10-24-9-7-14(25)21-18(24)27/h4-6H,3,7-11H2,1-2H3,(H,20,26)(H,21,25,27). The van der Waals surface area contributed by atoms with Crippen molar-refractivity contribution in [3.63, 3.8) is 0 Å². The zero-order chi connectivity index (χ0) is 20.8. The average molecular weight is 417 g/mol. The molecule has 9 nitrogen and oxygen atoms in total.